The van der Waals surface area contributed by atoms with Crippen LogP contribution in [0.4, 0.5) is 37.7 Å². The Labute approximate surface area is 297 Å². The number of hydrogen-bond acceptors (Lipinski definition) is 3. The van der Waals surface area contributed by atoms with E-state index in [1.54, 1.807) is 46.3 Å². The zero-order valence-corrected chi connectivity index (χ0v) is 29.5. The van der Waals surface area contributed by atoms with Gasteiger partial charge in [0.1, 0.15) is 5.75 Å². The number of benzene rings is 4. The molecule has 46 heavy (non-hydrogen) atoms. The number of rotatable bonds is 4. The van der Waals surface area contributed by atoms with Crippen molar-refractivity contribution in [1.82, 2.24) is 0 Å². The number of phenolic OH excluding ortho intramolecular Hbond substituents is 1. The monoisotopic (exact) mass is 910 g/mol. The molecule has 0 aromatic heterocycles. The van der Waals surface area contributed by atoms with Crippen LogP contribution in [0, 0.1) is 13.8 Å². The van der Waals surface area contributed by atoms with E-state index >= 15 is 0 Å². The number of nitrogens with one attached hydrogen (secondary N) is 2. The Morgan fingerprint density at radius 3 is 1.67 bits per heavy atom. The van der Waals surface area contributed by atoms with Crippen LogP contribution in [0.15, 0.2) is 77.3 Å². The number of alkyl halides is 6. The number of aromatic hydroxyl groups is 1. The molecule has 5 nitrogen and oxygen atoms in total. The number of hydrogen-bond donors (Lipinski definition) is 3. The average Bonchev–Trinajstić information content (AvgIpc) is 2.95. The van der Waals surface area contributed by atoms with Gasteiger partial charge in [-0.15, -0.1) is 0 Å². The summed E-state index contributed by atoms with van der Waals surface area (Å²) >= 11 is 20.5. The van der Waals surface area contributed by atoms with Gasteiger partial charge in [-0.3, -0.25) is 9.59 Å². The SMILES string of the molecule is Cc1cc(Cl)ccc1C(=O)Nc1cc(C(F)(F)F)ccc1Br.Cc1ccc(C(F)(F)F)cc1NC(=O)c1ccc(Cl)cc1O.[Cu][I]. The van der Waals surface area contributed by atoms with Gasteiger partial charge in [-0.2, -0.15) is 26.3 Å². The van der Waals surface area contributed by atoms with Gasteiger partial charge in [0.05, 0.1) is 22.4 Å². The summed E-state index contributed by atoms with van der Waals surface area (Å²) in [6.45, 7) is 3.26. The molecule has 0 spiro atoms. The van der Waals surface area contributed by atoms with Gasteiger partial charge in [-0.1, -0.05) is 29.3 Å². The molecule has 0 aliphatic heterocycles. The van der Waals surface area contributed by atoms with Crippen molar-refractivity contribution in [3.63, 3.8) is 0 Å². The normalized spacial score (nSPS) is 11.0. The van der Waals surface area contributed by atoms with Crippen LogP contribution in [0.2, 0.25) is 10.0 Å². The van der Waals surface area contributed by atoms with Crippen molar-refractivity contribution in [2.24, 2.45) is 0 Å². The maximum absolute atomic E-state index is 12.7. The second kappa shape index (κ2) is 17.1. The molecule has 0 unspecified atom stereocenters. The third-order valence-corrected chi connectivity index (χ3v) is 7.15. The van der Waals surface area contributed by atoms with E-state index in [2.05, 4.69) is 39.3 Å². The summed E-state index contributed by atoms with van der Waals surface area (Å²) < 4.78 is 76.6. The number of phenols is 1. The Kier molecular flexibility index (Phi) is 14.7. The van der Waals surface area contributed by atoms with Crippen LogP contribution < -0.4 is 10.6 Å². The van der Waals surface area contributed by atoms with Gasteiger partial charge in [0, 0.05) is 25.8 Å². The van der Waals surface area contributed by atoms with Crippen LogP contribution in [0.25, 0.3) is 0 Å². The van der Waals surface area contributed by atoms with E-state index < -0.39 is 35.3 Å². The molecule has 3 N–H and O–H groups in total. The molecule has 0 aliphatic carbocycles. The van der Waals surface area contributed by atoms with Crippen molar-refractivity contribution < 1.29 is 53.8 Å². The standard InChI is InChI=1S/C15H10BrClF3NO.C15H11ClF3NO2.Cu.HI/c1-8-6-10(17)3-4-11(8)14(22)21-13-7-9(15(18,19)20)2-5-12(13)16;1-8-2-3-9(15(17,18)19)6-12(8)20-14(22)11-5-4-10(16)7-13(11)21;;/h2-7H,1H3,(H,21,22);2-7,21H,1H3,(H,20,22);;1H/q;;+1;/p-1. The van der Waals surface area contributed by atoms with E-state index in [4.69, 9.17) is 23.2 Å². The Balaban J connectivity index is 0.000000304. The number of carbonyl (C=O) groups is 2. The fraction of sp³-hybridized carbons (Fsp3) is 0.133. The predicted octanol–water partition coefficient (Wildman–Crippen LogP) is 11.2. The van der Waals surface area contributed by atoms with Crippen molar-refractivity contribution in [1.29, 1.82) is 0 Å². The molecule has 0 aliphatic rings. The Hall–Kier alpha value is -2.49. The fourth-order valence-corrected chi connectivity index (χ4v) is 4.43. The molecular formula is C30H21BrCl2CuF6IN2O3. The van der Waals surface area contributed by atoms with E-state index in [9.17, 15) is 41.0 Å². The third kappa shape index (κ3) is 11.3. The van der Waals surface area contributed by atoms with E-state index in [0.29, 0.717) is 26.2 Å². The summed E-state index contributed by atoms with van der Waals surface area (Å²) in [5.41, 5.74) is -0.270. The van der Waals surface area contributed by atoms with E-state index in [-0.39, 0.29) is 27.7 Å². The number of halogens is 10. The predicted molar refractivity (Wildman–Crippen MR) is 175 cm³/mol. The topological polar surface area (TPSA) is 78.4 Å². The molecule has 0 atom stereocenters. The van der Waals surface area contributed by atoms with Crippen LogP contribution in [-0.2, 0) is 25.1 Å². The number of amides is 2. The van der Waals surface area contributed by atoms with Crippen molar-refractivity contribution >= 4 is 82.7 Å². The minimum atomic E-state index is -4.50. The maximum atomic E-state index is 12.7. The van der Waals surface area contributed by atoms with Crippen molar-refractivity contribution in [2.75, 3.05) is 10.6 Å². The summed E-state index contributed by atoms with van der Waals surface area (Å²) in [5.74, 6) is -1.58. The molecule has 4 aromatic rings. The average molecular weight is 913 g/mol. The summed E-state index contributed by atoms with van der Waals surface area (Å²) in [5, 5.41) is 15.2. The van der Waals surface area contributed by atoms with Crippen molar-refractivity contribution in [2.45, 2.75) is 26.2 Å². The first kappa shape index (κ1) is 39.7. The zero-order valence-electron chi connectivity index (χ0n) is 23.3. The number of anilines is 2. The van der Waals surface area contributed by atoms with Crippen LogP contribution in [0.1, 0.15) is 43.0 Å². The van der Waals surface area contributed by atoms with E-state index in [1.165, 1.54) is 36.4 Å². The molecule has 0 saturated carbocycles. The third-order valence-electron chi connectivity index (χ3n) is 5.99. The quantitative estimate of drug-likeness (QED) is 0.108. The second-order valence-electron chi connectivity index (χ2n) is 9.25. The molecule has 250 valence electrons. The molecule has 16 heteroatoms. The molecule has 4 aromatic carbocycles. The molecule has 0 bridgehead atoms. The molecule has 0 fully saturated rings. The first-order valence-corrected chi connectivity index (χ1v) is 17.0. The van der Waals surface area contributed by atoms with Gasteiger partial charge in [0.25, 0.3) is 11.8 Å². The second-order valence-corrected chi connectivity index (χ2v) is 11.0. The van der Waals surface area contributed by atoms with Gasteiger partial charge in [0.2, 0.25) is 0 Å². The number of carbonyl (C=O) groups excluding carboxylic acids is 2. The van der Waals surface area contributed by atoms with Gasteiger partial charge >= 0.3 is 45.5 Å². The molecule has 0 saturated heterocycles. The first-order valence-electron chi connectivity index (χ1n) is 12.4. The molecule has 0 radical (unpaired) electrons. The molecule has 4 rings (SSSR count). The molecule has 0 heterocycles. The zero-order chi connectivity index (χ0) is 35.0. The van der Waals surface area contributed by atoms with Crippen molar-refractivity contribution in [3.05, 3.63) is 121 Å². The molecular weight excluding hydrogens is 892 g/mol. The van der Waals surface area contributed by atoms with Gasteiger partial charge in [0.15, 0.2) is 0 Å². The van der Waals surface area contributed by atoms with Crippen LogP contribution in [-0.4, -0.2) is 16.9 Å². The Morgan fingerprint density at radius 2 is 1.15 bits per heavy atom. The van der Waals surface area contributed by atoms with Crippen molar-refractivity contribution in [3.8, 4) is 5.75 Å². The minimum absolute atomic E-state index is 0.0224. The fourth-order valence-electron chi connectivity index (χ4n) is 3.69. The summed E-state index contributed by atoms with van der Waals surface area (Å²) in [4.78, 5) is 24.3. The summed E-state index contributed by atoms with van der Waals surface area (Å²) in [7, 11) is 0. The number of aryl methyl sites for hydroxylation is 2. The van der Waals surface area contributed by atoms with Gasteiger partial charge in [-0.05, 0) is 108 Å². The van der Waals surface area contributed by atoms with E-state index in [0.717, 1.165) is 24.3 Å². The molecule has 2 amide bonds. The Bertz CT molecular complexity index is 1600. The van der Waals surface area contributed by atoms with Crippen LogP contribution in [0.5, 0.6) is 5.75 Å². The van der Waals surface area contributed by atoms with Gasteiger partial charge < -0.3 is 15.7 Å². The van der Waals surface area contributed by atoms with Gasteiger partial charge in [-0.25, -0.2) is 0 Å². The first-order chi connectivity index (χ1) is 21.4. The summed E-state index contributed by atoms with van der Waals surface area (Å²) in [6.07, 6.45) is -8.98. The Morgan fingerprint density at radius 1 is 0.696 bits per heavy atom. The summed E-state index contributed by atoms with van der Waals surface area (Å²) in [6, 6.07) is 14.6. The van der Waals surface area contributed by atoms with Crippen LogP contribution >= 0.6 is 59.5 Å². The van der Waals surface area contributed by atoms with Crippen LogP contribution in [0.3, 0.4) is 0 Å². The van der Waals surface area contributed by atoms with E-state index in [1.807, 2.05) is 0 Å².